The summed E-state index contributed by atoms with van der Waals surface area (Å²) in [5.41, 5.74) is 0.425. The minimum atomic E-state index is -2.88. The van der Waals surface area contributed by atoms with Crippen LogP contribution in [-0.4, -0.2) is 25.1 Å². The van der Waals surface area contributed by atoms with Gasteiger partial charge in [-0.2, -0.15) is 8.78 Å². The number of carbonyl (C=O) groups excluding carboxylic acids is 1. The summed E-state index contributed by atoms with van der Waals surface area (Å²) in [7, 11) is 0. The van der Waals surface area contributed by atoms with E-state index in [0.717, 1.165) is 6.42 Å². The van der Waals surface area contributed by atoms with Gasteiger partial charge in [0.2, 0.25) is 5.91 Å². The molecule has 1 amide bonds. The van der Waals surface area contributed by atoms with E-state index in [4.69, 9.17) is 0 Å². The van der Waals surface area contributed by atoms with Crippen LogP contribution in [0.25, 0.3) is 0 Å². The number of hydrogen-bond donors (Lipinski definition) is 2. The first-order valence-corrected chi connectivity index (χ1v) is 6.09. The minimum Gasteiger partial charge on any atom is -0.435 e. The lowest BCUT2D eigenvalue weighted by molar-refractivity contribution is -0.115. The number of nitrogens with one attached hydrogen (secondary N) is 2. The van der Waals surface area contributed by atoms with Crippen LogP contribution >= 0.6 is 0 Å². The van der Waals surface area contributed by atoms with Crippen molar-refractivity contribution in [2.75, 3.05) is 11.9 Å². The van der Waals surface area contributed by atoms with Crippen LogP contribution < -0.4 is 15.4 Å². The average molecular weight is 272 g/mol. The maximum absolute atomic E-state index is 12.0. The lowest BCUT2D eigenvalue weighted by atomic mass is 10.2. The lowest BCUT2D eigenvalue weighted by Crippen LogP contribution is -2.33. The minimum absolute atomic E-state index is 0.0164. The van der Waals surface area contributed by atoms with Crippen LogP contribution in [0, 0.1) is 0 Å². The fraction of sp³-hybridized carbons (Fsp3) is 0.462. The first kappa shape index (κ1) is 15.4. The van der Waals surface area contributed by atoms with Crippen molar-refractivity contribution in [3.8, 4) is 5.75 Å². The molecular weight excluding hydrogens is 254 g/mol. The second kappa shape index (κ2) is 7.68. The molecule has 1 aromatic carbocycles. The highest BCUT2D eigenvalue weighted by Crippen LogP contribution is 2.19. The Balaban J connectivity index is 2.49. The van der Waals surface area contributed by atoms with Crippen molar-refractivity contribution in [1.29, 1.82) is 0 Å². The molecule has 0 aromatic heterocycles. The lowest BCUT2D eigenvalue weighted by Gasteiger charge is -2.12. The molecule has 0 heterocycles. The van der Waals surface area contributed by atoms with Gasteiger partial charge in [0, 0.05) is 17.8 Å². The molecule has 1 rings (SSSR count). The summed E-state index contributed by atoms with van der Waals surface area (Å²) in [6.45, 7) is 1.29. The Morgan fingerprint density at radius 1 is 1.42 bits per heavy atom. The Kier molecular flexibility index (Phi) is 6.21. The van der Waals surface area contributed by atoms with Crippen molar-refractivity contribution in [3.63, 3.8) is 0 Å². The second-order valence-corrected chi connectivity index (χ2v) is 4.14. The van der Waals surface area contributed by atoms with E-state index in [-0.39, 0.29) is 24.2 Å². The molecule has 0 fully saturated rings. The number of benzene rings is 1. The van der Waals surface area contributed by atoms with Crippen LogP contribution in [0.1, 0.15) is 20.3 Å². The third-order valence-corrected chi connectivity index (χ3v) is 2.57. The van der Waals surface area contributed by atoms with Crippen LogP contribution in [0.4, 0.5) is 14.5 Å². The van der Waals surface area contributed by atoms with Crippen LogP contribution in [0.5, 0.6) is 5.75 Å². The highest BCUT2D eigenvalue weighted by molar-refractivity contribution is 5.92. The molecule has 0 radical (unpaired) electrons. The molecule has 0 saturated heterocycles. The van der Waals surface area contributed by atoms with Crippen molar-refractivity contribution in [1.82, 2.24) is 5.32 Å². The third kappa shape index (κ3) is 6.15. The van der Waals surface area contributed by atoms with Crippen molar-refractivity contribution >= 4 is 11.6 Å². The highest BCUT2D eigenvalue weighted by Gasteiger charge is 2.07. The molecule has 0 spiro atoms. The molecule has 6 heteroatoms. The van der Waals surface area contributed by atoms with E-state index in [1.807, 2.05) is 13.8 Å². The largest absolute Gasteiger partial charge is 0.435 e. The summed E-state index contributed by atoms with van der Waals surface area (Å²) in [6.07, 6.45) is 0.922. The SMILES string of the molecule is CCC(C)NCC(=O)Nc1cccc(OC(F)F)c1. The van der Waals surface area contributed by atoms with Gasteiger partial charge < -0.3 is 15.4 Å². The standard InChI is InChI=1S/C13H18F2N2O2/c1-3-9(2)16-8-12(18)17-10-5-4-6-11(7-10)19-13(14)15/h4-7,9,13,16H,3,8H2,1-2H3,(H,17,18). The molecule has 1 unspecified atom stereocenters. The van der Waals surface area contributed by atoms with Gasteiger partial charge in [0.05, 0.1) is 6.54 Å². The zero-order chi connectivity index (χ0) is 14.3. The van der Waals surface area contributed by atoms with Gasteiger partial charge in [-0.1, -0.05) is 13.0 Å². The summed E-state index contributed by atoms with van der Waals surface area (Å²) in [6, 6.07) is 6.15. The maximum Gasteiger partial charge on any atom is 0.387 e. The van der Waals surface area contributed by atoms with Gasteiger partial charge in [-0.3, -0.25) is 4.79 Å². The number of halogens is 2. The number of amides is 1. The van der Waals surface area contributed by atoms with Gasteiger partial charge in [0.1, 0.15) is 5.75 Å². The number of ether oxygens (including phenoxy) is 1. The Bertz CT molecular complexity index is 413. The third-order valence-electron chi connectivity index (χ3n) is 2.57. The molecule has 2 N–H and O–H groups in total. The van der Waals surface area contributed by atoms with Crippen LogP contribution in [-0.2, 0) is 4.79 Å². The topological polar surface area (TPSA) is 50.4 Å². The molecule has 0 bridgehead atoms. The number of carbonyl (C=O) groups is 1. The normalized spacial score (nSPS) is 12.3. The number of anilines is 1. The van der Waals surface area contributed by atoms with Gasteiger partial charge >= 0.3 is 6.61 Å². The number of alkyl halides is 2. The Hall–Kier alpha value is -1.69. The van der Waals surface area contributed by atoms with Gasteiger partial charge in [-0.15, -0.1) is 0 Å². The van der Waals surface area contributed by atoms with Crippen molar-refractivity contribution in [3.05, 3.63) is 24.3 Å². The number of rotatable bonds is 7. The van der Waals surface area contributed by atoms with E-state index in [1.165, 1.54) is 18.2 Å². The second-order valence-electron chi connectivity index (χ2n) is 4.14. The highest BCUT2D eigenvalue weighted by atomic mass is 19.3. The van der Waals surface area contributed by atoms with Gasteiger partial charge in [-0.25, -0.2) is 0 Å². The van der Waals surface area contributed by atoms with Gasteiger partial charge in [0.15, 0.2) is 0 Å². The first-order valence-electron chi connectivity index (χ1n) is 6.09. The monoisotopic (exact) mass is 272 g/mol. The zero-order valence-electron chi connectivity index (χ0n) is 11.0. The molecular formula is C13H18F2N2O2. The average Bonchev–Trinajstić information content (AvgIpc) is 2.35. The van der Waals surface area contributed by atoms with E-state index < -0.39 is 6.61 Å². The fourth-order valence-electron chi connectivity index (χ4n) is 1.37. The van der Waals surface area contributed by atoms with Gasteiger partial charge in [0.25, 0.3) is 0 Å². The van der Waals surface area contributed by atoms with E-state index in [2.05, 4.69) is 15.4 Å². The Labute approximate surface area is 111 Å². The van der Waals surface area contributed by atoms with Crippen molar-refractivity contribution < 1.29 is 18.3 Å². The van der Waals surface area contributed by atoms with E-state index in [0.29, 0.717) is 5.69 Å². The van der Waals surface area contributed by atoms with E-state index in [1.54, 1.807) is 6.07 Å². The zero-order valence-corrected chi connectivity index (χ0v) is 11.0. The van der Waals surface area contributed by atoms with Crippen molar-refractivity contribution in [2.45, 2.75) is 32.9 Å². The molecule has 1 atom stereocenters. The van der Waals surface area contributed by atoms with Crippen LogP contribution in [0.15, 0.2) is 24.3 Å². The smallest absolute Gasteiger partial charge is 0.387 e. The Morgan fingerprint density at radius 2 is 2.16 bits per heavy atom. The molecule has 0 aliphatic carbocycles. The van der Waals surface area contributed by atoms with Crippen LogP contribution in [0.2, 0.25) is 0 Å². The summed E-state index contributed by atoms with van der Waals surface area (Å²) < 4.78 is 28.3. The molecule has 0 saturated carbocycles. The predicted molar refractivity (Wildman–Crippen MR) is 69.5 cm³/mol. The molecule has 1 aromatic rings. The molecule has 0 aliphatic heterocycles. The molecule has 0 aliphatic rings. The Morgan fingerprint density at radius 3 is 2.79 bits per heavy atom. The van der Waals surface area contributed by atoms with Crippen molar-refractivity contribution in [2.24, 2.45) is 0 Å². The van der Waals surface area contributed by atoms with E-state index >= 15 is 0 Å². The fourth-order valence-corrected chi connectivity index (χ4v) is 1.37. The van der Waals surface area contributed by atoms with E-state index in [9.17, 15) is 13.6 Å². The molecule has 106 valence electrons. The summed E-state index contributed by atoms with van der Waals surface area (Å²) >= 11 is 0. The summed E-state index contributed by atoms with van der Waals surface area (Å²) in [5, 5.41) is 5.64. The first-order chi connectivity index (χ1) is 9.01. The molecule has 4 nitrogen and oxygen atoms in total. The molecule has 19 heavy (non-hydrogen) atoms. The van der Waals surface area contributed by atoms with Crippen LogP contribution in [0.3, 0.4) is 0 Å². The number of hydrogen-bond acceptors (Lipinski definition) is 3. The maximum atomic E-state index is 12.0. The van der Waals surface area contributed by atoms with Gasteiger partial charge in [-0.05, 0) is 25.5 Å². The quantitative estimate of drug-likeness (QED) is 0.802. The predicted octanol–water partition coefficient (Wildman–Crippen LogP) is 2.61. The summed E-state index contributed by atoms with van der Waals surface area (Å²) in [4.78, 5) is 11.6. The summed E-state index contributed by atoms with van der Waals surface area (Å²) in [5.74, 6) is -0.211.